The molecule has 7 nitrogen and oxygen atoms in total. The van der Waals surface area contributed by atoms with Gasteiger partial charge in [-0.25, -0.2) is 0 Å². The van der Waals surface area contributed by atoms with Gasteiger partial charge in [0.15, 0.2) is 5.75 Å². The maximum Gasteiger partial charge on any atom is 0.295 e. The van der Waals surface area contributed by atoms with Crippen LogP contribution in [0.5, 0.6) is 5.75 Å². The summed E-state index contributed by atoms with van der Waals surface area (Å²) in [5, 5.41) is 11.4. The smallest absolute Gasteiger partial charge is 0.295 e. The van der Waals surface area contributed by atoms with Gasteiger partial charge in [-0.2, -0.15) is 0 Å². The largest absolute Gasteiger partial charge is 0.507 e. The number of carbonyl (C=O) groups excluding carboxylic acids is 2. The molecule has 2 heterocycles. The lowest BCUT2D eigenvalue weighted by Gasteiger charge is -2.25. The number of amides is 1. The molecule has 3 rings (SSSR count). The molecule has 0 saturated carbocycles. The summed E-state index contributed by atoms with van der Waals surface area (Å²) in [4.78, 5) is 31.1. The summed E-state index contributed by atoms with van der Waals surface area (Å²) < 4.78 is 10.2. The van der Waals surface area contributed by atoms with Crippen LogP contribution in [0.3, 0.4) is 0 Å². The second kappa shape index (κ2) is 9.47. The maximum absolute atomic E-state index is 12.9. The molecule has 2 aromatic rings. The van der Waals surface area contributed by atoms with E-state index in [0.717, 1.165) is 0 Å². The van der Waals surface area contributed by atoms with Gasteiger partial charge in [0.25, 0.3) is 11.7 Å². The number of hydrogen-bond donors (Lipinski definition) is 1. The molecule has 1 unspecified atom stereocenters. The van der Waals surface area contributed by atoms with Crippen LogP contribution in [0.1, 0.15) is 23.6 Å². The number of aromatic nitrogens is 1. The number of benzene rings is 1. The molecule has 0 aliphatic carbocycles. The Morgan fingerprint density at radius 1 is 1.17 bits per heavy atom. The monoisotopic (exact) mass is 450 g/mol. The number of pyridine rings is 1. The van der Waals surface area contributed by atoms with Crippen LogP contribution in [-0.2, 0) is 14.3 Å². The molecule has 1 aromatic heterocycles. The summed E-state index contributed by atoms with van der Waals surface area (Å²) in [6.07, 6.45) is 3.66. The molecule has 1 aromatic carbocycles. The normalized spacial score (nSPS) is 18.1. The van der Waals surface area contributed by atoms with Gasteiger partial charge in [-0.1, -0.05) is 23.2 Å². The number of hydrogen-bond acceptors (Lipinski definition) is 6. The summed E-state index contributed by atoms with van der Waals surface area (Å²) in [7, 11) is 2.98. The van der Waals surface area contributed by atoms with Crippen molar-refractivity contribution in [1.29, 1.82) is 0 Å². The Bertz CT molecular complexity index is 971. The summed E-state index contributed by atoms with van der Waals surface area (Å²) in [6.45, 7) is 0.710. The van der Waals surface area contributed by atoms with Gasteiger partial charge in [0.2, 0.25) is 0 Å². The lowest BCUT2D eigenvalue weighted by atomic mass is 9.96. The maximum atomic E-state index is 12.9. The van der Waals surface area contributed by atoms with Gasteiger partial charge in [0.05, 0.1) is 28.8 Å². The van der Waals surface area contributed by atoms with E-state index in [2.05, 4.69) is 4.98 Å². The summed E-state index contributed by atoms with van der Waals surface area (Å²) in [5.74, 6) is -1.59. The number of ketones is 1. The molecular weight excluding hydrogens is 431 g/mol. The average molecular weight is 451 g/mol. The van der Waals surface area contributed by atoms with Gasteiger partial charge in [-0.15, -0.1) is 0 Å². The second-order valence-corrected chi connectivity index (χ2v) is 7.41. The van der Waals surface area contributed by atoms with Crippen molar-refractivity contribution in [3.05, 3.63) is 63.4 Å². The number of rotatable bonds is 7. The molecular formula is C21H20Cl2N2O5. The Hall–Kier alpha value is -2.61. The predicted octanol–water partition coefficient (Wildman–Crippen LogP) is 3.86. The molecule has 0 radical (unpaired) electrons. The molecule has 1 atom stereocenters. The van der Waals surface area contributed by atoms with E-state index in [9.17, 15) is 14.7 Å². The first-order valence-corrected chi connectivity index (χ1v) is 9.87. The zero-order chi connectivity index (χ0) is 21.8. The van der Waals surface area contributed by atoms with E-state index in [1.54, 1.807) is 31.6 Å². The first kappa shape index (κ1) is 22.1. The van der Waals surface area contributed by atoms with Crippen LogP contribution in [0.25, 0.3) is 5.76 Å². The number of Topliss-reactive ketones (excluding diaryl/α,β-unsaturated/α-hetero) is 1. The number of likely N-dealkylation sites (tertiary alicyclic amines) is 1. The van der Waals surface area contributed by atoms with Gasteiger partial charge < -0.3 is 19.5 Å². The van der Waals surface area contributed by atoms with E-state index < -0.39 is 17.7 Å². The topological polar surface area (TPSA) is 89.0 Å². The second-order valence-electron chi connectivity index (χ2n) is 6.59. The van der Waals surface area contributed by atoms with Gasteiger partial charge in [0, 0.05) is 38.2 Å². The van der Waals surface area contributed by atoms with Gasteiger partial charge in [0.1, 0.15) is 5.76 Å². The summed E-state index contributed by atoms with van der Waals surface area (Å²) in [5.41, 5.74) is 0.814. The lowest BCUT2D eigenvalue weighted by Crippen LogP contribution is -2.31. The quantitative estimate of drug-likeness (QED) is 0.298. The standard InChI is InChI=1S/C21H20Cl2N2O5/c1-29-9-3-8-25-17(12-4-6-24-7-5-12)16(19(27)21(25)28)18(26)13-10-14(22)20(30-2)15(23)11-13/h4-7,10-11,17,26H,3,8-9H2,1-2H3/b18-16+. The van der Waals surface area contributed by atoms with Crippen molar-refractivity contribution in [3.8, 4) is 5.75 Å². The predicted molar refractivity (Wildman–Crippen MR) is 113 cm³/mol. The Balaban J connectivity index is 2.14. The van der Waals surface area contributed by atoms with Crippen molar-refractivity contribution >= 4 is 40.7 Å². The van der Waals surface area contributed by atoms with Crippen molar-refractivity contribution in [2.45, 2.75) is 12.5 Å². The third-order valence-corrected chi connectivity index (χ3v) is 5.35. The molecule has 1 fully saturated rings. The highest BCUT2D eigenvalue weighted by Crippen LogP contribution is 2.41. The number of aliphatic hydroxyl groups is 1. The molecule has 0 spiro atoms. The first-order chi connectivity index (χ1) is 14.4. The first-order valence-electron chi connectivity index (χ1n) is 9.11. The molecule has 1 aliphatic heterocycles. The number of ether oxygens (including phenoxy) is 2. The Morgan fingerprint density at radius 3 is 2.37 bits per heavy atom. The molecule has 0 bridgehead atoms. The van der Waals surface area contributed by atoms with Crippen LogP contribution in [0.4, 0.5) is 0 Å². The van der Waals surface area contributed by atoms with Crippen LogP contribution >= 0.6 is 23.2 Å². The van der Waals surface area contributed by atoms with Crippen molar-refractivity contribution in [2.75, 3.05) is 27.4 Å². The number of carbonyl (C=O) groups is 2. The molecule has 30 heavy (non-hydrogen) atoms. The van der Waals surface area contributed by atoms with Crippen LogP contribution in [0, 0.1) is 0 Å². The van der Waals surface area contributed by atoms with E-state index >= 15 is 0 Å². The third-order valence-electron chi connectivity index (χ3n) is 4.79. The van der Waals surface area contributed by atoms with Crippen molar-refractivity contribution in [1.82, 2.24) is 9.88 Å². The number of halogens is 2. The van der Waals surface area contributed by atoms with Crippen molar-refractivity contribution in [3.63, 3.8) is 0 Å². The molecule has 158 valence electrons. The zero-order valence-electron chi connectivity index (χ0n) is 16.4. The van der Waals surface area contributed by atoms with E-state index in [0.29, 0.717) is 18.6 Å². The minimum absolute atomic E-state index is 0.0408. The SMILES string of the molecule is COCCCN1C(=O)C(=O)/C(=C(/O)c2cc(Cl)c(OC)c(Cl)c2)C1c1ccncc1. The minimum Gasteiger partial charge on any atom is -0.507 e. The molecule has 9 heteroatoms. The molecule has 1 amide bonds. The van der Waals surface area contributed by atoms with Gasteiger partial charge >= 0.3 is 0 Å². The Kier molecular flexibility index (Phi) is 6.97. The summed E-state index contributed by atoms with van der Waals surface area (Å²) in [6, 6.07) is 5.49. The van der Waals surface area contributed by atoms with Gasteiger partial charge in [-0.05, 0) is 36.2 Å². The van der Waals surface area contributed by atoms with Crippen molar-refractivity contribution in [2.24, 2.45) is 0 Å². The van der Waals surface area contributed by atoms with Crippen LogP contribution in [-0.4, -0.2) is 54.1 Å². The zero-order valence-corrected chi connectivity index (χ0v) is 17.9. The fourth-order valence-corrected chi connectivity index (χ4v) is 4.07. The fourth-order valence-electron chi connectivity index (χ4n) is 3.43. The highest BCUT2D eigenvalue weighted by molar-refractivity contribution is 6.46. The average Bonchev–Trinajstić information content (AvgIpc) is 2.98. The number of aliphatic hydroxyl groups excluding tert-OH is 1. The fraction of sp³-hybridized carbons (Fsp3) is 0.286. The highest BCUT2D eigenvalue weighted by Gasteiger charge is 2.45. The van der Waals surface area contributed by atoms with E-state index in [1.165, 1.54) is 24.1 Å². The number of nitrogens with zero attached hydrogens (tertiary/aromatic N) is 2. The lowest BCUT2D eigenvalue weighted by molar-refractivity contribution is -0.140. The van der Waals surface area contributed by atoms with E-state index in [-0.39, 0.29) is 39.2 Å². The highest BCUT2D eigenvalue weighted by atomic mass is 35.5. The minimum atomic E-state index is -0.783. The molecule has 1 saturated heterocycles. The Morgan fingerprint density at radius 2 is 1.80 bits per heavy atom. The number of methoxy groups -OCH3 is 2. The van der Waals surface area contributed by atoms with Gasteiger partial charge in [-0.3, -0.25) is 14.6 Å². The van der Waals surface area contributed by atoms with Crippen LogP contribution < -0.4 is 4.74 Å². The van der Waals surface area contributed by atoms with Crippen LogP contribution in [0.2, 0.25) is 10.0 Å². The summed E-state index contributed by atoms with van der Waals surface area (Å²) >= 11 is 12.4. The molecule has 1 aliphatic rings. The van der Waals surface area contributed by atoms with E-state index in [1.807, 2.05) is 0 Å². The van der Waals surface area contributed by atoms with Crippen LogP contribution in [0.15, 0.2) is 42.2 Å². The van der Waals surface area contributed by atoms with Crippen molar-refractivity contribution < 1.29 is 24.2 Å². The third kappa shape index (κ3) is 4.14. The van der Waals surface area contributed by atoms with E-state index in [4.69, 9.17) is 32.7 Å². The molecule has 1 N–H and O–H groups in total. The Labute approximate surface area is 183 Å².